The Bertz CT molecular complexity index is 331. The van der Waals surface area contributed by atoms with E-state index in [1.165, 1.54) is 10.6 Å². The summed E-state index contributed by atoms with van der Waals surface area (Å²) in [5, 5.41) is 2.58. The van der Waals surface area contributed by atoms with Crippen LogP contribution in [0.25, 0.3) is 0 Å². The molecule has 0 saturated carbocycles. The summed E-state index contributed by atoms with van der Waals surface area (Å²) in [6.07, 6.45) is 0. The summed E-state index contributed by atoms with van der Waals surface area (Å²) in [7, 11) is 0. The molecule has 0 unspecified atom stereocenters. The molecule has 1 rings (SSSR count). The van der Waals surface area contributed by atoms with Crippen LogP contribution in [0.3, 0.4) is 0 Å². The summed E-state index contributed by atoms with van der Waals surface area (Å²) < 4.78 is 4.83. The standard InChI is InChI=1S/C8H5.C4H10O.2C2H5.Al/c1-2-8-6-4-3-5-7-8;1-3-5-4-2;2*1-2;/h3-7H;3-4H2,1-2H3;2*1H2,2H3;. The Morgan fingerprint density at radius 1 is 0.944 bits per heavy atom. The third-order valence-electron chi connectivity index (χ3n) is 2.59. The second kappa shape index (κ2) is 12.7. The molecule has 0 N–H and O–H groups in total. The zero-order valence-corrected chi connectivity index (χ0v) is 13.4. The topological polar surface area (TPSA) is 9.23 Å². The lowest BCUT2D eigenvalue weighted by atomic mass is 10.2. The van der Waals surface area contributed by atoms with Gasteiger partial charge in [-0.1, -0.05) is 48.5 Å². The van der Waals surface area contributed by atoms with Gasteiger partial charge in [-0.05, 0) is 26.0 Å². The molecule has 0 aliphatic carbocycles. The molecule has 0 amide bonds. The minimum atomic E-state index is -0.723. The van der Waals surface area contributed by atoms with Crippen LogP contribution in [0.15, 0.2) is 30.3 Å². The number of benzene rings is 1. The second-order valence-corrected chi connectivity index (χ2v) is 7.25. The number of rotatable bonds is 4. The summed E-state index contributed by atoms with van der Waals surface area (Å²) in [5.41, 5.74) is 1.15. The van der Waals surface area contributed by atoms with E-state index in [-0.39, 0.29) is 0 Å². The molecule has 2 heteroatoms. The fourth-order valence-electron chi connectivity index (χ4n) is 1.40. The van der Waals surface area contributed by atoms with Crippen molar-refractivity contribution in [3.05, 3.63) is 35.9 Å². The van der Waals surface area contributed by atoms with E-state index < -0.39 is 14.1 Å². The number of hydrogen-bond donors (Lipinski definition) is 0. The third-order valence-corrected chi connectivity index (χ3v) is 5.11. The van der Waals surface area contributed by atoms with E-state index in [0.717, 1.165) is 18.8 Å². The molecule has 0 radical (unpaired) electrons. The molecule has 0 saturated heterocycles. The fraction of sp³-hybridized carbons (Fsp3) is 0.500. The summed E-state index contributed by atoms with van der Waals surface area (Å²) >= 11 is -0.723. The Morgan fingerprint density at radius 3 is 1.89 bits per heavy atom. The van der Waals surface area contributed by atoms with Gasteiger partial charge in [0, 0.05) is 18.8 Å². The van der Waals surface area contributed by atoms with Crippen molar-refractivity contribution in [2.24, 2.45) is 0 Å². The first-order chi connectivity index (χ1) is 8.78. The smallest absolute Gasteiger partial charge is 0.376 e. The van der Waals surface area contributed by atoms with Crippen LogP contribution in [0.1, 0.15) is 33.3 Å². The van der Waals surface area contributed by atoms with E-state index in [1.807, 2.05) is 32.0 Å². The van der Waals surface area contributed by atoms with Gasteiger partial charge in [-0.25, -0.2) is 0 Å². The van der Waals surface area contributed by atoms with Crippen molar-refractivity contribution in [3.63, 3.8) is 0 Å². The highest BCUT2D eigenvalue weighted by atomic mass is 27.2. The predicted molar refractivity (Wildman–Crippen MR) is 82.2 cm³/mol. The Labute approximate surface area is 117 Å². The lowest BCUT2D eigenvalue weighted by molar-refractivity contribution is 0.162. The maximum atomic E-state index is 4.83. The van der Waals surface area contributed by atoms with Crippen molar-refractivity contribution in [1.82, 2.24) is 0 Å². The van der Waals surface area contributed by atoms with Crippen molar-refractivity contribution >= 4 is 14.1 Å². The average Bonchev–Trinajstić information content (AvgIpc) is 2.43. The Kier molecular flexibility index (Phi) is 12.2. The van der Waals surface area contributed by atoms with Crippen LogP contribution in [-0.2, 0) is 4.74 Å². The van der Waals surface area contributed by atoms with Crippen LogP contribution in [0, 0.1) is 10.7 Å². The first-order valence-electron chi connectivity index (χ1n) is 6.92. The summed E-state index contributed by atoms with van der Waals surface area (Å²) in [6.45, 7) is 10.2. The fourth-order valence-corrected chi connectivity index (χ4v) is 2.76. The first kappa shape index (κ1) is 17.3. The van der Waals surface area contributed by atoms with Gasteiger partial charge in [-0.15, -0.1) is 0 Å². The summed E-state index contributed by atoms with van der Waals surface area (Å²) in [6, 6.07) is 10.3. The van der Waals surface area contributed by atoms with Crippen LogP contribution < -0.4 is 0 Å². The van der Waals surface area contributed by atoms with Crippen molar-refractivity contribution in [3.8, 4) is 10.7 Å². The first-order valence-corrected chi connectivity index (χ1v) is 9.13. The predicted octanol–water partition coefficient (Wildman–Crippen LogP) is 4.15. The van der Waals surface area contributed by atoms with Gasteiger partial charge in [0.05, 0.1) is 0 Å². The van der Waals surface area contributed by atoms with Gasteiger partial charge < -0.3 is 4.74 Å². The number of ether oxygens (including phenoxy) is 1. The Balaban J connectivity index is 0.000000494. The van der Waals surface area contributed by atoms with Crippen molar-refractivity contribution in [2.45, 2.75) is 38.3 Å². The lowest BCUT2D eigenvalue weighted by Crippen LogP contribution is -2.04. The molecule has 98 valence electrons. The van der Waals surface area contributed by atoms with Crippen molar-refractivity contribution < 1.29 is 4.74 Å². The molecule has 0 aromatic heterocycles. The maximum absolute atomic E-state index is 4.83. The average molecular weight is 260 g/mol. The zero-order valence-electron chi connectivity index (χ0n) is 12.2. The highest BCUT2D eigenvalue weighted by Gasteiger charge is 2.07. The molecule has 0 heterocycles. The molecule has 0 aliphatic heterocycles. The van der Waals surface area contributed by atoms with Crippen molar-refractivity contribution in [1.29, 1.82) is 0 Å². The minimum absolute atomic E-state index is 0.723. The quantitative estimate of drug-likeness (QED) is 0.583. The van der Waals surface area contributed by atoms with E-state index in [9.17, 15) is 0 Å². The molecule has 1 aromatic carbocycles. The largest absolute Gasteiger partial charge is 0.382 e. The third kappa shape index (κ3) is 9.32. The maximum Gasteiger partial charge on any atom is 0.376 e. The van der Waals surface area contributed by atoms with Crippen LogP contribution in [0.2, 0.25) is 10.6 Å². The molecular formula is C16H25AlO. The van der Waals surface area contributed by atoms with Crippen molar-refractivity contribution in [2.75, 3.05) is 13.2 Å². The summed E-state index contributed by atoms with van der Waals surface area (Å²) in [5.74, 6) is 3.26. The van der Waals surface area contributed by atoms with E-state index in [1.54, 1.807) is 0 Å². The molecule has 0 atom stereocenters. The van der Waals surface area contributed by atoms with Gasteiger partial charge in [-0.2, -0.15) is 4.78 Å². The summed E-state index contributed by atoms with van der Waals surface area (Å²) in [4.78, 5) is 3.42. The normalized spacial score (nSPS) is 8.67. The van der Waals surface area contributed by atoms with Gasteiger partial charge >= 0.3 is 14.1 Å². The van der Waals surface area contributed by atoms with Gasteiger partial charge in [0.1, 0.15) is 0 Å². The van der Waals surface area contributed by atoms with E-state index in [4.69, 9.17) is 4.74 Å². The van der Waals surface area contributed by atoms with E-state index >= 15 is 0 Å². The lowest BCUT2D eigenvalue weighted by Gasteiger charge is -1.93. The van der Waals surface area contributed by atoms with Crippen LogP contribution >= 0.6 is 0 Å². The van der Waals surface area contributed by atoms with Crippen LogP contribution in [-0.4, -0.2) is 27.4 Å². The van der Waals surface area contributed by atoms with Gasteiger partial charge in [0.25, 0.3) is 0 Å². The number of hydrogen-bond acceptors (Lipinski definition) is 1. The molecular weight excluding hydrogens is 235 g/mol. The molecule has 0 fully saturated rings. The minimum Gasteiger partial charge on any atom is -0.382 e. The highest BCUT2D eigenvalue weighted by molar-refractivity contribution is 6.67. The molecule has 0 spiro atoms. The molecule has 0 aliphatic rings. The monoisotopic (exact) mass is 260 g/mol. The van der Waals surface area contributed by atoms with Crippen LogP contribution in [0.4, 0.5) is 0 Å². The van der Waals surface area contributed by atoms with Crippen LogP contribution in [0.5, 0.6) is 0 Å². The zero-order chi connectivity index (χ0) is 13.6. The molecule has 18 heavy (non-hydrogen) atoms. The Hall–Kier alpha value is -0.728. The SMILES string of the molecule is CCOCC.C[CH2][Al]([C]#Cc1ccccc1)[CH2]C. The highest BCUT2D eigenvalue weighted by Crippen LogP contribution is 1.98. The van der Waals surface area contributed by atoms with Gasteiger partial charge in [0.15, 0.2) is 0 Å². The van der Waals surface area contributed by atoms with E-state index in [2.05, 4.69) is 36.7 Å². The van der Waals surface area contributed by atoms with Gasteiger partial charge in [-0.3, -0.25) is 0 Å². The van der Waals surface area contributed by atoms with Gasteiger partial charge in [0.2, 0.25) is 0 Å². The van der Waals surface area contributed by atoms with E-state index in [0.29, 0.717) is 0 Å². The second-order valence-electron chi connectivity index (χ2n) is 3.93. The molecule has 1 aromatic rings. The molecule has 0 bridgehead atoms. The Morgan fingerprint density at radius 2 is 1.50 bits per heavy atom. The molecule has 1 nitrogen and oxygen atoms in total.